The first kappa shape index (κ1) is 16.5. The second-order valence-electron chi connectivity index (χ2n) is 6.51. The lowest BCUT2D eigenvalue weighted by molar-refractivity contribution is 0.102. The van der Waals surface area contributed by atoms with Gasteiger partial charge in [-0.25, -0.2) is 4.98 Å². The predicted molar refractivity (Wildman–Crippen MR) is 104 cm³/mol. The molecule has 0 atom stereocenters. The Morgan fingerprint density at radius 1 is 0.962 bits per heavy atom. The Balaban J connectivity index is 1.57. The fourth-order valence-corrected chi connectivity index (χ4v) is 3.16. The van der Waals surface area contributed by atoms with Crippen LogP contribution in [0, 0.1) is 0 Å². The van der Waals surface area contributed by atoms with Crippen molar-refractivity contribution in [3.8, 4) is 0 Å². The number of aromatic nitrogens is 2. The van der Waals surface area contributed by atoms with Crippen molar-refractivity contribution >= 4 is 28.3 Å². The Morgan fingerprint density at radius 2 is 1.65 bits per heavy atom. The Morgan fingerprint density at radius 3 is 2.46 bits per heavy atom. The van der Waals surface area contributed by atoms with Crippen LogP contribution in [-0.2, 0) is 0 Å². The maximum absolute atomic E-state index is 12.7. The maximum Gasteiger partial charge on any atom is 0.275 e. The van der Waals surface area contributed by atoms with Gasteiger partial charge in [0.2, 0.25) is 0 Å². The van der Waals surface area contributed by atoms with Crippen LogP contribution >= 0.6 is 0 Å². The van der Waals surface area contributed by atoms with Crippen molar-refractivity contribution in [1.29, 1.82) is 0 Å². The molecular formula is C20H21N5O. The van der Waals surface area contributed by atoms with Crippen LogP contribution in [-0.4, -0.2) is 54.0 Å². The number of piperazine rings is 1. The summed E-state index contributed by atoms with van der Waals surface area (Å²) in [5, 5.41) is 3.00. The lowest BCUT2D eigenvalue weighted by atomic mass is 10.2. The van der Waals surface area contributed by atoms with Crippen molar-refractivity contribution < 1.29 is 4.79 Å². The molecule has 6 heteroatoms. The summed E-state index contributed by atoms with van der Waals surface area (Å²) in [5.74, 6) is -0.246. The molecule has 2 heterocycles. The van der Waals surface area contributed by atoms with Crippen molar-refractivity contribution in [3.05, 3.63) is 60.4 Å². The highest BCUT2D eigenvalue weighted by Crippen LogP contribution is 2.27. The molecule has 0 saturated carbocycles. The van der Waals surface area contributed by atoms with Crippen LogP contribution in [0.5, 0.6) is 0 Å². The molecule has 0 bridgehead atoms. The fourth-order valence-electron chi connectivity index (χ4n) is 3.16. The fraction of sp³-hybridized carbons (Fsp3) is 0.250. The maximum atomic E-state index is 12.7. The molecule has 0 unspecified atom stereocenters. The number of hydrogen-bond acceptors (Lipinski definition) is 5. The Hall–Kier alpha value is -2.99. The third-order valence-electron chi connectivity index (χ3n) is 4.68. The molecule has 1 saturated heterocycles. The lowest BCUT2D eigenvalue weighted by Crippen LogP contribution is -2.44. The second-order valence-corrected chi connectivity index (χ2v) is 6.51. The monoisotopic (exact) mass is 347 g/mol. The van der Waals surface area contributed by atoms with Crippen LogP contribution < -0.4 is 10.2 Å². The average Bonchev–Trinajstić information content (AvgIpc) is 2.69. The minimum absolute atomic E-state index is 0.246. The van der Waals surface area contributed by atoms with Gasteiger partial charge in [0.15, 0.2) is 0 Å². The molecule has 6 nitrogen and oxygen atoms in total. The summed E-state index contributed by atoms with van der Waals surface area (Å²) in [4.78, 5) is 26.1. The van der Waals surface area contributed by atoms with Gasteiger partial charge < -0.3 is 15.1 Å². The summed E-state index contributed by atoms with van der Waals surface area (Å²) < 4.78 is 0. The van der Waals surface area contributed by atoms with E-state index in [-0.39, 0.29) is 5.91 Å². The highest BCUT2D eigenvalue weighted by Gasteiger charge is 2.18. The molecule has 1 fully saturated rings. The molecule has 1 aliphatic heterocycles. The zero-order valence-electron chi connectivity index (χ0n) is 14.7. The number of nitrogens with one attached hydrogen (secondary N) is 1. The van der Waals surface area contributed by atoms with Gasteiger partial charge in [-0.2, -0.15) is 0 Å². The van der Waals surface area contributed by atoms with E-state index in [1.54, 1.807) is 0 Å². The average molecular weight is 347 g/mol. The molecule has 0 radical (unpaired) electrons. The van der Waals surface area contributed by atoms with E-state index in [0.29, 0.717) is 11.2 Å². The number of benzene rings is 2. The largest absolute Gasteiger partial charge is 0.367 e. The Bertz CT molecular complexity index is 934. The molecular weight excluding hydrogens is 326 g/mol. The van der Waals surface area contributed by atoms with E-state index in [1.165, 1.54) is 6.20 Å². The second kappa shape index (κ2) is 7.09. The predicted octanol–water partition coefficient (Wildman–Crippen LogP) is 2.63. The van der Waals surface area contributed by atoms with Gasteiger partial charge in [-0.1, -0.05) is 24.3 Å². The van der Waals surface area contributed by atoms with Gasteiger partial charge in [0.05, 0.1) is 28.6 Å². The Labute approximate surface area is 152 Å². The van der Waals surface area contributed by atoms with E-state index in [4.69, 9.17) is 0 Å². The van der Waals surface area contributed by atoms with E-state index in [1.807, 2.05) is 48.5 Å². The van der Waals surface area contributed by atoms with Crippen molar-refractivity contribution in [2.75, 3.05) is 43.4 Å². The van der Waals surface area contributed by atoms with E-state index in [9.17, 15) is 4.79 Å². The third kappa shape index (κ3) is 3.36. The summed E-state index contributed by atoms with van der Waals surface area (Å²) in [6.07, 6.45) is 1.52. The van der Waals surface area contributed by atoms with Crippen LogP contribution in [0.2, 0.25) is 0 Å². The number of nitrogens with zero attached hydrogens (tertiary/aromatic N) is 4. The number of likely N-dealkylation sites (N-methyl/N-ethyl adjacent to an activating group) is 1. The first-order valence-corrected chi connectivity index (χ1v) is 8.76. The normalized spacial score (nSPS) is 15.2. The molecule has 4 rings (SSSR count). The number of rotatable bonds is 3. The van der Waals surface area contributed by atoms with Gasteiger partial charge in [-0.05, 0) is 31.3 Å². The lowest BCUT2D eigenvalue weighted by Gasteiger charge is -2.35. The van der Waals surface area contributed by atoms with Gasteiger partial charge in [-0.15, -0.1) is 0 Å². The van der Waals surface area contributed by atoms with Crippen LogP contribution in [0.3, 0.4) is 0 Å². The number of amides is 1. The summed E-state index contributed by atoms with van der Waals surface area (Å²) in [6.45, 7) is 3.91. The SMILES string of the molecule is CN1CCN(c2ccccc2NC(=O)c2cnc3ccccc3n2)CC1. The van der Waals surface area contributed by atoms with E-state index < -0.39 is 0 Å². The van der Waals surface area contributed by atoms with Crippen molar-refractivity contribution in [2.45, 2.75) is 0 Å². The summed E-state index contributed by atoms with van der Waals surface area (Å²) >= 11 is 0. The summed E-state index contributed by atoms with van der Waals surface area (Å²) in [7, 11) is 2.13. The van der Waals surface area contributed by atoms with Gasteiger partial charge in [0.1, 0.15) is 5.69 Å². The van der Waals surface area contributed by atoms with Crippen LogP contribution in [0.1, 0.15) is 10.5 Å². The molecule has 0 aliphatic carbocycles. The van der Waals surface area contributed by atoms with Crippen LogP contribution in [0.25, 0.3) is 11.0 Å². The van der Waals surface area contributed by atoms with E-state index in [0.717, 1.165) is 43.1 Å². The van der Waals surface area contributed by atoms with Gasteiger partial charge >= 0.3 is 0 Å². The molecule has 3 aromatic rings. The first-order valence-electron chi connectivity index (χ1n) is 8.76. The van der Waals surface area contributed by atoms with Crippen molar-refractivity contribution in [2.24, 2.45) is 0 Å². The molecule has 0 spiro atoms. The molecule has 1 amide bonds. The quantitative estimate of drug-likeness (QED) is 0.789. The van der Waals surface area contributed by atoms with Crippen LogP contribution in [0.4, 0.5) is 11.4 Å². The van der Waals surface area contributed by atoms with Crippen molar-refractivity contribution in [3.63, 3.8) is 0 Å². The molecule has 132 valence electrons. The van der Waals surface area contributed by atoms with Crippen molar-refractivity contribution in [1.82, 2.24) is 14.9 Å². The minimum atomic E-state index is -0.246. The number of para-hydroxylation sites is 4. The zero-order valence-corrected chi connectivity index (χ0v) is 14.7. The van der Waals surface area contributed by atoms with Gasteiger partial charge in [0.25, 0.3) is 5.91 Å². The standard InChI is InChI=1S/C20H21N5O/c1-24-10-12-25(13-11-24)19-9-5-4-8-17(19)23-20(26)18-14-21-15-6-2-3-7-16(15)22-18/h2-9,14H,10-13H2,1H3,(H,23,26). The molecule has 1 N–H and O–H groups in total. The number of anilines is 2. The van der Waals surface area contributed by atoms with Crippen LogP contribution in [0.15, 0.2) is 54.7 Å². The van der Waals surface area contributed by atoms with E-state index in [2.05, 4.69) is 32.1 Å². The highest BCUT2D eigenvalue weighted by molar-refractivity contribution is 6.05. The molecule has 26 heavy (non-hydrogen) atoms. The molecule has 1 aromatic heterocycles. The molecule has 2 aromatic carbocycles. The van der Waals surface area contributed by atoms with E-state index >= 15 is 0 Å². The summed E-state index contributed by atoms with van der Waals surface area (Å²) in [6, 6.07) is 15.4. The summed E-state index contributed by atoms with van der Waals surface area (Å²) in [5.41, 5.74) is 3.66. The number of hydrogen-bond donors (Lipinski definition) is 1. The third-order valence-corrected chi connectivity index (χ3v) is 4.68. The molecule has 1 aliphatic rings. The number of carbonyl (C=O) groups excluding carboxylic acids is 1. The topological polar surface area (TPSA) is 61.4 Å². The van der Waals surface area contributed by atoms with Gasteiger partial charge in [-0.3, -0.25) is 9.78 Å². The zero-order chi connectivity index (χ0) is 17.9. The highest BCUT2D eigenvalue weighted by atomic mass is 16.1. The minimum Gasteiger partial charge on any atom is -0.367 e. The first-order chi connectivity index (χ1) is 12.7. The number of fused-ring (bicyclic) bond motifs is 1. The smallest absolute Gasteiger partial charge is 0.275 e. The number of carbonyl (C=O) groups is 1. The Kier molecular flexibility index (Phi) is 4.50. The van der Waals surface area contributed by atoms with Gasteiger partial charge in [0, 0.05) is 26.2 Å².